The van der Waals surface area contributed by atoms with Crippen molar-refractivity contribution >= 4 is 17.8 Å². The van der Waals surface area contributed by atoms with Gasteiger partial charge in [-0.05, 0) is 30.5 Å². The smallest absolute Gasteiger partial charge is 0.335 e. The van der Waals surface area contributed by atoms with E-state index in [0.29, 0.717) is 12.1 Å². The molecule has 132 valence electrons. The molecule has 1 heterocycles. The van der Waals surface area contributed by atoms with E-state index in [9.17, 15) is 18.0 Å². The minimum absolute atomic E-state index is 0.158. The minimum atomic E-state index is -4.37. The number of hydrogen-bond donors (Lipinski definition) is 1. The molecular weight excluding hydrogens is 337 g/mol. The van der Waals surface area contributed by atoms with Crippen molar-refractivity contribution in [3.8, 4) is 0 Å². The Morgan fingerprint density at radius 1 is 1.21 bits per heavy atom. The monoisotopic (exact) mass is 358 g/mol. The Morgan fingerprint density at radius 2 is 1.96 bits per heavy atom. The summed E-state index contributed by atoms with van der Waals surface area (Å²) in [6, 6.07) is 5.33. The fourth-order valence-electron chi connectivity index (χ4n) is 3.33. The Morgan fingerprint density at radius 3 is 2.67 bits per heavy atom. The summed E-state index contributed by atoms with van der Waals surface area (Å²) in [4.78, 5) is 14.2. The molecule has 3 nitrogen and oxygen atoms in total. The number of nitrogens with one attached hydrogen (secondary N) is 1. The van der Waals surface area contributed by atoms with Gasteiger partial charge >= 0.3 is 12.2 Å². The summed E-state index contributed by atoms with van der Waals surface area (Å²) >= 11 is 1.51. The summed E-state index contributed by atoms with van der Waals surface area (Å²) in [6.07, 6.45) is 1.06. The van der Waals surface area contributed by atoms with Crippen molar-refractivity contribution in [2.75, 3.05) is 12.3 Å². The van der Waals surface area contributed by atoms with Gasteiger partial charge in [0.1, 0.15) is 5.37 Å². The number of nitrogens with zero attached hydrogens (tertiary/aromatic N) is 1. The normalized spacial score (nSPS) is 22.6. The zero-order valence-electron chi connectivity index (χ0n) is 13.3. The van der Waals surface area contributed by atoms with E-state index in [2.05, 4.69) is 5.32 Å². The van der Waals surface area contributed by atoms with E-state index in [-0.39, 0.29) is 17.4 Å². The second-order valence-electron chi connectivity index (χ2n) is 6.32. The fraction of sp³-hybridized carbons (Fsp3) is 0.588. The van der Waals surface area contributed by atoms with Gasteiger partial charge in [0.05, 0.1) is 5.56 Å². The lowest BCUT2D eigenvalue weighted by molar-refractivity contribution is -0.137. The Kier molecular flexibility index (Phi) is 5.27. The number of hydrogen-bond acceptors (Lipinski definition) is 2. The zero-order chi connectivity index (χ0) is 17.2. The second kappa shape index (κ2) is 7.25. The highest BCUT2D eigenvalue weighted by molar-refractivity contribution is 7.99. The first kappa shape index (κ1) is 17.5. The first-order chi connectivity index (χ1) is 11.4. The van der Waals surface area contributed by atoms with Crippen LogP contribution in [0, 0.1) is 0 Å². The van der Waals surface area contributed by atoms with Crippen molar-refractivity contribution in [1.29, 1.82) is 0 Å². The molecule has 0 spiro atoms. The van der Waals surface area contributed by atoms with Gasteiger partial charge < -0.3 is 10.2 Å². The van der Waals surface area contributed by atoms with E-state index < -0.39 is 11.7 Å². The first-order valence-corrected chi connectivity index (χ1v) is 9.36. The Hall–Kier alpha value is -1.37. The van der Waals surface area contributed by atoms with Gasteiger partial charge in [-0.25, -0.2) is 4.79 Å². The summed E-state index contributed by atoms with van der Waals surface area (Å²) in [5.41, 5.74) is -0.133. The highest BCUT2D eigenvalue weighted by atomic mass is 32.2. The fourth-order valence-corrected chi connectivity index (χ4v) is 4.57. The molecule has 2 amide bonds. The van der Waals surface area contributed by atoms with Gasteiger partial charge in [-0.1, -0.05) is 31.4 Å². The van der Waals surface area contributed by atoms with Crippen molar-refractivity contribution in [1.82, 2.24) is 10.2 Å². The second-order valence-corrected chi connectivity index (χ2v) is 7.51. The van der Waals surface area contributed by atoms with Crippen molar-refractivity contribution in [2.24, 2.45) is 0 Å². The third-order valence-corrected chi connectivity index (χ3v) is 5.84. The maximum atomic E-state index is 12.9. The number of alkyl halides is 3. The average molecular weight is 358 g/mol. The molecule has 2 aliphatic rings. The lowest BCUT2D eigenvalue weighted by atomic mass is 9.96. The van der Waals surface area contributed by atoms with Gasteiger partial charge in [0.25, 0.3) is 0 Å². The number of amides is 2. The minimum Gasteiger partial charge on any atom is -0.335 e. The highest BCUT2D eigenvalue weighted by Gasteiger charge is 2.35. The molecule has 0 bridgehead atoms. The van der Waals surface area contributed by atoms with Crippen LogP contribution in [-0.4, -0.2) is 29.3 Å². The molecule has 1 aromatic rings. The summed E-state index contributed by atoms with van der Waals surface area (Å²) in [5.74, 6) is 0.735. The van der Waals surface area contributed by atoms with Crippen LogP contribution in [0.1, 0.15) is 48.6 Å². The molecule has 7 heteroatoms. The quantitative estimate of drug-likeness (QED) is 0.824. The van der Waals surface area contributed by atoms with Crippen molar-refractivity contribution in [3.05, 3.63) is 35.4 Å². The van der Waals surface area contributed by atoms with Crippen LogP contribution < -0.4 is 5.32 Å². The predicted octanol–water partition coefficient (Wildman–Crippen LogP) is 4.80. The van der Waals surface area contributed by atoms with Crippen molar-refractivity contribution < 1.29 is 18.0 Å². The van der Waals surface area contributed by atoms with Crippen molar-refractivity contribution in [3.63, 3.8) is 0 Å². The Labute approximate surface area is 144 Å². The maximum absolute atomic E-state index is 12.9. The number of urea groups is 1. The molecule has 1 atom stereocenters. The summed E-state index contributed by atoms with van der Waals surface area (Å²) in [6.45, 7) is 0.560. The van der Waals surface area contributed by atoms with Crippen molar-refractivity contribution in [2.45, 2.75) is 49.7 Å². The third-order valence-electron chi connectivity index (χ3n) is 4.58. The van der Waals surface area contributed by atoms with Crippen LogP contribution in [0.4, 0.5) is 18.0 Å². The largest absolute Gasteiger partial charge is 0.416 e. The molecule has 1 saturated carbocycles. The standard InChI is InChI=1S/C17H21F3N2OS/c18-17(19,20)13-6-4-5-12(11-13)15-22(9-10-24-15)16(23)21-14-7-2-1-3-8-14/h4-6,11,14-15H,1-3,7-10H2,(H,21,23). The van der Waals surface area contributed by atoms with Crippen LogP contribution in [0.2, 0.25) is 0 Å². The van der Waals surface area contributed by atoms with E-state index in [0.717, 1.165) is 43.6 Å². The molecule has 0 radical (unpaired) electrons. The molecule has 1 aliphatic heterocycles. The van der Waals surface area contributed by atoms with Gasteiger partial charge in [0, 0.05) is 18.3 Å². The number of carbonyl (C=O) groups excluding carboxylic acids is 1. The molecule has 1 saturated heterocycles. The molecule has 1 unspecified atom stereocenters. The highest BCUT2D eigenvalue weighted by Crippen LogP contribution is 2.40. The van der Waals surface area contributed by atoms with Gasteiger partial charge in [0.2, 0.25) is 0 Å². The SMILES string of the molecule is O=C(NC1CCCCC1)N1CCSC1c1cccc(C(F)(F)F)c1. The topological polar surface area (TPSA) is 32.3 Å². The molecule has 2 fully saturated rings. The number of carbonyl (C=O) groups is 1. The van der Waals surface area contributed by atoms with Gasteiger partial charge in [0.15, 0.2) is 0 Å². The van der Waals surface area contributed by atoms with Crippen LogP contribution in [0.3, 0.4) is 0 Å². The molecule has 3 rings (SSSR count). The Balaban J connectivity index is 1.72. The predicted molar refractivity (Wildman–Crippen MR) is 88.8 cm³/mol. The number of benzene rings is 1. The van der Waals surface area contributed by atoms with E-state index in [1.807, 2.05) is 0 Å². The number of thioether (sulfide) groups is 1. The molecule has 0 aromatic heterocycles. The molecule has 1 aliphatic carbocycles. The van der Waals surface area contributed by atoms with Crippen LogP contribution >= 0.6 is 11.8 Å². The van der Waals surface area contributed by atoms with Crippen LogP contribution in [0.15, 0.2) is 24.3 Å². The molecule has 24 heavy (non-hydrogen) atoms. The first-order valence-electron chi connectivity index (χ1n) is 8.31. The number of halogens is 3. The summed E-state index contributed by atoms with van der Waals surface area (Å²) in [5, 5.41) is 2.71. The van der Waals surface area contributed by atoms with E-state index in [1.165, 1.54) is 24.2 Å². The Bertz CT molecular complexity index is 587. The van der Waals surface area contributed by atoms with E-state index in [4.69, 9.17) is 0 Å². The lowest BCUT2D eigenvalue weighted by Crippen LogP contribution is -2.45. The molecule has 1 aromatic carbocycles. The van der Waals surface area contributed by atoms with Crippen LogP contribution in [-0.2, 0) is 6.18 Å². The lowest BCUT2D eigenvalue weighted by Gasteiger charge is -2.29. The van der Waals surface area contributed by atoms with Crippen LogP contribution in [0.5, 0.6) is 0 Å². The van der Waals surface area contributed by atoms with E-state index in [1.54, 1.807) is 11.0 Å². The van der Waals surface area contributed by atoms with Crippen LogP contribution in [0.25, 0.3) is 0 Å². The summed E-state index contributed by atoms with van der Waals surface area (Å²) in [7, 11) is 0. The van der Waals surface area contributed by atoms with E-state index >= 15 is 0 Å². The maximum Gasteiger partial charge on any atom is 0.416 e. The number of rotatable bonds is 2. The molecular formula is C17H21F3N2OS. The summed E-state index contributed by atoms with van der Waals surface area (Å²) < 4.78 is 38.8. The van der Waals surface area contributed by atoms with Gasteiger partial charge in [-0.2, -0.15) is 13.2 Å². The van der Waals surface area contributed by atoms with Gasteiger partial charge in [-0.3, -0.25) is 0 Å². The zero-order valence-corrected chi connectivity index (χ0v) is 14.1. The molecule has 1 N–H and O–H groups in total. The van der Waals surface area contributed by atoms with Gasteiger partial charge in [-0.15, -0.1) is 11.8 Å². The third kappa shape index (κ3) is 3.99. The average Bonchev–Trinajstić information content (AvgIpc) is 3.05.